The predicted molar refractivity (Wildman–Crippen MR) is 111 cm³/mol. The van der Waals surface area contributed by atoms with Crippen molar-refractivity contribution in [3.63, 3.8) is 0 Å². The number of hydrogen-bond acceptors (Lipinski definition) is 4. The summed E-state index contributed by atoms with van der Waals surface area (Å²) in [5, 5.41) is 6.60. The molecule has 1 aliphatic heterocycles. The molecule has 1 unspecified atom stereocenters. The summed E-state index contributed by atoms with van der Waals surface area (Å²) in [5.74, 6) is 0.149. The molecule has 1 fully saturated rings. The second-order valence-corrected chi connectivity index (χ2v) is 8.05. The average molecular weight is 394 g/mol. The van der Waals surface area contributed by atoms with Crippen LogP contribution in [0.4, 0.5) is 0 Å². The molecule has 0 N–H and O–H groups in total. The molecule has 0 spiro atoms. The van der Waals surface area contributed by atoms with Gasteiger partial charge in [0.15, 0.2) is 0 Å². The fourth-order valence-electron chi connectivity index (χ4n) is 3.68. The summed E-state index contributed by atoms with van der Waals surface area (Å²) in [5.41, 5.74) is 1.87. The standard InChI is InChI=1S/C22H23N3O2S/c26-21(12-10-17-6-2-1-3-7-17)24-14-4-8-18(16-24)25-22(27)13-11-19(23-25)20-9-5-15-28-20/h1-3,5-7,9,11,13,15,18H,4,8,10,12,14,16H2. The average Bonchev–Trinajstić information content (AvgIpc) is 3.28. The van der Waals surface area contributed by atoms with Crippen LogP contribution in [-0.2, 0) is 11.2 Å². The monoisotopic (exact) mass is 393 g/mol. The highest BCUT2D eigenvalue weighted by atomic mass is 32.1. The lowest BCUT2D eigenvalue weighted by Crippen LogP contribution is -2.43. The Morgan fingerprint density at radius 1 is 1.11 bits per heavy atom. The number of rotatable bonds is 5. The van der Waals surface area contributed by atoms with Crippen molar-refractivity contribution in [3.8, 4) is 10.6 Å². The van der Waals surface area contributed by atoms with Crippen LogP contribution in [0.3, 0.4) is 0 Å². The van der Waals surface area contributed by atoms with E-state index in [9.17, 15) is 9.59 Å². The van der Waals surface area contributed by atoms with E-state index in [2.05, 4.69) is 5.10 Å². The molecule has 0 aliphatic carbocycles. The summed E-state index contributed by atoms with van der Waals surface area (Å²) in [7, 11) is 0. The summed E-state index contributed by atoms with van der Waals surface area (Å²) in [4.78, 5) is 28.1. The van der Waals surface area contributed by atoms with Gasteiger partial charge in [0, 0.05) is 25.6 Å². The van der Waals surface area contributed by atoms with Gasteiger partial charge in [-0.3, -0.25) is 9.59 Å². The van der Waals surface area contributed by atoms with Crippen molar-refractivity contribution in [1.29, 1.82) is 0 Å². The number of benzene rings is 1. The van der Waals surface area contributed by atoms with Gasteiger partial charge in [-0.05, 0) is 42.3 Å². The molecule has 1 atom stereocenters. The first-order valence-corrected chi connectivity index (χ1v) is 10.5. The van der Waals surface area contributed by atoms with Gasteiger partial charge in [0.25, 0.3) is 5.56 Å². The largest absolute Gasteiger partial charge is 0.341 e. The zero-order valence-corrected chi connectivity index (χ0v) is 16.5. The summed E-state index contributed by atoms with van der Waals surface area (Å²) in [6.07, 6.45) is 2.99. The quantitative estimate of drug-likeness (QED) is 0.663. The van der Waals surface area contributed by atoms with Crippen molar-refractivity contribution in [2.75, 3.05) is 13.1 Å². The zero-order chi connectivity index (χ0) is 19.3. The molecule has 2 aromatic heterocycles. The highest BCUT2D eigenvalue weighted by Gasteiger charge is 2.26. The summed E-state index contributed by atoms with van der Waals surface area (Å²) < 4.78 is 1.58. The van der Waals surface area contributed by atoms with Crippen LogP contribution in [0.2, 0.25) is 0 Å². The third-order valence-corrected chi connectivity index (χ3v) is 6.06. The van der Waals surface area contributed by atoms with Crippen molar-refractivity contribution in [1.82, 2.24) is 14.7 Å². The number of aryl methyl sites for hydroxylation is 1. The van der Waals surface area contributed by atoms with Crippen molar-refractivity contribution in [2.45, 2.75) is 31.7 Å². The molecule has 28 heavy (non-hydrogen) atoms. The maximum Gasteiger partial charge on any atom is 0.267 e. The van der Waals surface area contributed by atoms with Gasteiger partial charge in [-0.25, -0.2) is 4.68 Å². The van der Waals surface area contributed by atoms with Gasteiger partial charge in [-0.1, -0.05) is 36.4 Å². The molecule has 4 rings (SSSR count). The number of carbonyl (C=O) groups excluding carboxylic acids is 1. The Labute approximate surface area is 168 Å². The lowest BCUT2D eigenvalue weighted by Gasteiger charge is -2.33. The maximum absolute atomic E-state index is 12.7. The van der Waals surface area contributed by atoms with E-state index < -0.39 is 0 Å². The van der Waals surface area contributed by atoms with Crippen LogP contribution >= 0.6 is 11.3 Å². The highest BCUT2D eigenvalue weighted by molar-refractivity contribution is 7.13. The molecule has 0 radical (unpaired) electrons. The third kappa shape index (κ3) is 4.22. The number of aromatic nitrogens is 2. The Hall–Kier alpha value is -2.73. The van der Waals surface area contributed by atoms with Crippen molar-refractivity contribution >= 4 is 17.2 Å². The first kappa shape index (κ1) is 18.6. The number of amides is 1. The van der Waals surface area contributed by atoms with Crippen LogP contribution in [0.25, 0.3) is 10.6 Å². The van der Waals surface area contributed by atoms with Crippen LogP contribution in [0.5, 0.6) is 0 Å². The Kier molecular flexibility index (Phi) is 5.67. The Balaban J connectivity index is 1.45. The van der Waals surface area contributed by atoms with E-state index in [1.807, 2.05) is 52.7 Å². The minimum Gasteiger partial charge on any atom is -0.341 e. The van der Waals surface area contributed by atoms with Crippen molar-refractivity contribution < 1.29 is 4.79 Å². The van der Waals surface area contributed by atoms with Crippen LogP contribution in [0.15, 0.2) is 64.8 Å². The number of thiophene rings is 1. The molecular formula is C22H23N3O2S. The Morgan fingerprint density at radius 3 is 2.75 bits per heavy atom. The van der Waals surface area contributed by atoms with Gasteiger partial charge in [0.05, 0.1) is 10.9 Å². The van der Waals surface area contributed by atoms with E-state index in [1.54, 1.807) is 28.2 Å². The van der Waals surface area contributed by atoms with Crippen LogP contribution in [-0.4, -0.2) is 33.7 Å². The van der Waals surface area contributed by atoms with E-state index in [1.165, 1.54) is 5.56 Å². The number of piperidine rings is 1. The lowest BCUT2D eigenvalue weighted by molar-refractivity contribution is -0.132. The van der Waals surface area contributed by atoms with Gasteiger partial charge in [-0.2, -0.15) is 5.10 Å². The molecule has 1 saturated heterocycles. The Bertz CT molecular complexity index is 983. The third-order valence-electron chi connectivity index (χ3n) is 5.16. The summed E-state index contributed by atoms with van der Waals surface area (Å²) >= 11 is 1.60. The molecule has 1 amide bonds. The molecule has 1 aromatic carbocycles. The first-order valence-electron chi connectivity index (χ1n) is 9.66. The van der Waals surface area contributed by atoms with Crippen LogP contribution in [0.1, 0.15) is 30.9 Å². The second-order valence-electron chi connectivity index (χ2n) is 7.10. The van der Waals surface area contributed by atoms with Gasteiger partial charge >= 0.3 is 0 Å². The van der Waals surface area contributed by atoms with E-state index in [-0.39, 0.29) is 17.5 Å². The second kappa shape index (κ2) is 8.52. The fraction of sp³-hybridized carbons (Fsp3) is 0.318. The van der Waals surface area contributed by atoms with Crippen molar-refractivity contribution in [3.05, 3.63) is 75.9 Å². The molecule has 0 bridgehead atoms. The number of likely N-dealkylation sites (tertiary alicyclic amines) is 1. The topological polar surface area (TPSA) is 55.2 Å². The Morgan fingerprint density at radius 2 is 1.96 bits per heavy atom. The molecule has 5 nitrogen and oxygen atoms in total. The molecule has 0 saturated carbocycles. The lowest BCUT2D eigenvalue weighted by atomic mass is 10.0. The van der Waals surface area contributed by atoms with Gasteiger partial charge < -0.3 is 4.90 Å². The molecule has 6 heteroatoms. The number of nitrogens with zero attached hydrogens (tertiary/aromatic N) is 3. The fourth-order valence-corrected chi connectivity index (χ4v) is 4.37. The number of carbonyl (C=O) groups is 1. The number of hydrogen-bond donors (Lipinski definition) is 0. The van der Waals surface area contributed by atoms with Crippen LogP contribution in [0, 0.1) is 0 Å². The van der Waals surface area contributed by atoms with Crippen molar-refractivity contribution in [2.24, 2.45) is 0 Å². The van der Waals surface area contributed by atoms with Gasteiger partial charge in [0.2, 0.25) is 5.91 Å². The molecule has 1 aliphatic rings. The van der Waals surface area contributed by atoms with E-state index >= 15 is 0 Å². The zero-order valence-electron chi connectivity index (χ0n) is 15.7. The smallest absolute Gasteiger partial charge is 0.267 e. The molecule has 144 valence electrons. The minimum absolute atomic E-state index is 0.0677. The predicted octanol–water partition coefficient (Wildman–Crippen LogP) is 3.77. The van der Waals surface area contributed by atoms with Gasteiger partial charge in [-0.15, -0.1) is 11.3 Å². The summed E-state index contributed by atoms with van der Waals surface area (Å²) in [6, 6.07) is 17.3. The molecule has 3 aromatic rings. The highest BCUT2D eigenvalue weighted by Crippen LogP contribution is 2.24. The van der Waals surface area contributed by atoms with E-state index in [0.717, 1.165) is 36.4 Å². The first-order chi connectivity index (χ1) is 13.7. The van der Waals surface area contributed by atoms with E-state index in [4.69, 9.17) is 0 Å². The van der Waals surface area contributed by atoms with E-state index in [0.29, 0.717) is 13.0 Å². The molecular weight excluding hydrogens is 370 g/mol. The van der Waals surface area contributed by atoms with Gasteiger partial charge in [0.1, 0.15) is 5.69 Å². The normalized spacial score (nSPS) is 16.9. The maximum atomic E-state index is 12.7. The SMILES string of the molecule is O=C(CCc1ccccc1)N1CCCC(n2nc(-c3cccs3)ccc2=O)C1. The summed E-state index contributed by atoms with van der Waals surface area (Å²) in [6.45, 7) is 1.30. The van der Waals surface area contributed by atoms with Crippen LogP contribution < -0.4 is 5.56 Å². The minimum atomic E-state index is -0.108. The molecule has 3 heterocycles.